The monoisotopic (exact) mass is 404 g/mol. The molecular formula is C23H24N4O3. The lowest BCUT2D eigenvalue weighted by Crippen LogP contribution is -2.40. The van der Waals surface area contributed by atoms with Gasteiger partial charge in [-0.15, -0.1) is 0 Å². The Hall–Kier alpha value is -3.48. The zero-order valence-electron chi connectivity index (χ0n) is 17.5. The van der Waals surface area contributed by atoms with Gasteiger partial charge in [0.1, 0.15) is 12.1 Å². The van der Waals surface area contributed by atoms with E-state index in [0.717, 1.165) is 21.6 Å². The van der Waals surface area contributed by atoms with E-state index in [1.165, 1.54) is 5.56 Å². The molecule has 7 nitrogen and oxygen atoms in total. The number of nitrogens with zero attached hydrogens (tertiary/aromatic N) is 3. The second kappa shape index (κ2) is 7.40. The van der Waals surface area contributed by atoms with Gasteiger partial charge in [-0.3, -0.25) is 9.69 Å². The van der Waals surface area contributed by atoms with E-state index < -0.39 is 11.6 Å². The lowest BCUT2D eigenvalue weighted by Gasteiger charge is -2.22. The summed E-state index contributed by atoms with van der Waals surface area (Å²) in [7, 11) is 0. The number of hydrogen-bond donors (Lipinski definition) is 1. The Morgan fingerprint density at radius 2 is 1.73 bits per heavy atom. The first-order chi connectivity index (χ1) is 14.3. The van der Waals surface area contributed by atoms with Gasteiger partial charge in [0.25, 0.3) is 5.91 Å². The van der Waals surface area contributed by atoms with Crippen LogP contribution in [0, 0.1) is 6.92 Å². The summed E-state index contributed by atoms with van der Waals surface area (Å²) in [4.78, 5) is 31.1. The maximum atomic E-state index is 13.1. The SMILES string of the molecule is Cc1ccc(C2(C)NC(=O)N(Cc3nc(-c4ccc(C(C)C)cc4)no3)C2=O)cc1. The van der Waals surface area contributed by atoms with Gasteiger partial charge in [0, 0.05) is 5.56 Å². The topological polar surface area (TPSA) is 88.3 Å². The molecule has 2 heterocycles. The van der Waals surface area contributed by atoms with Crippen LogP contribution in [0.25, 0.3) is 11.4 Å². The van der Waals surface area contributed by atoms with Crippen LogP contribution in [0.2, 0.25) is 0 Å². The van der Waals surface area contributed by atoms with E-state index in [2.05, 4.69) is 29.3 Å². The second-order valence-electron chi connectivity index (χ2n) is 8.10. The lowest BCUT2D eigenvalue weighted by molar-refractivity contribution is -0.131. The van der Waals surface area contributed by atoms with E-state index in [-0.39, 0.29) is 18.3 Å². The summed E-state index contributed by atoms with van der Waals surface area (Å²) in [6.07, 6.45) is 0. The molecule has 3 aromatic rings. The number of carbonyl (C=O) groups is 2. The predicted octanol–water partition coefficient (Wildman–Crippen LogP) is 4.14. The maximum Gasteiger partial charge on any atom is 0.325 e. The molecule has 1 fully saturated rings. The van der Waals surface area contributed by atoms with Crippen molar-refractivity contribution in [2.24, 2.45) is 0 Å². The van der Waals surface area contributed by atoms with E-state index in [9.17, 15) is 9.59 Å². The van der Waals surface area contributed by atoms with E-state index in [1.807, 2.05) is 55.5 Å². The van der Waals surface area contributed by atoms with Crippen molar-refractivity contribution in [1.29, 1.82) is 0 Å². The minimum atomic E-state index is -1.12. The van der Waals surface area contributed by atoms with Gasteiger partial charge in [0.15, 0.2) is 0 Å². The van der Waals surface area contributed by atoms with Crippen LogP contribution in [0.1, 0.15) is 49.3 Å². The summed E-state index contributed by atoms with van der Waals surface area (Å²) >= 11 is 0. The van der Waals surface area contributed by atoms with Crippen molar-refractivity contribution in [3.8, 4) is 11.4 Å². The summed E-state index contributed by atoms with van der Waals surface area (Å²) in [6, 6.07) is 15.0. The zero-order valence-corrected chi connectivity index (χ0v) is 17.5. The molecule has 154 valence electrons. The molecule has 0 spiro atoms. The standard InChI is InChI=1S/C23H24N4O3/c1-14(2)16-7-9-17(10-8-16)20-24-19(30-26-20)13-27-21(28)23(4,25-22(27)29)18-11-5-15(3)6-12-18/h5-12,14H,13H2,1-4H3,(H,25,29). The molecule has 30 heavy (non-hydrogen) atoms. The maximum absolute atomic E-state index is 13.1. The predicted molar refractivity (Wildman–Crippen MR) is 111 cm³/mol. The number of urea groups is 1. The normalized spacial score (nSPS) is 18.9. The van der Waals surface area contributed by atoms with Crippen molar-refractivity contribution in [2.45, 2.75) is 45.7 Å². The van der Waals surface area contributed by atoms with Crippen LogP contribution in [0.3, 0.4) is 0 Å². The highest BCUT2D eigenvalue weighted by Crippen LogP contribution is 2.30. The van der Waals surface area contributed by atoms with Crippen LogP contribution in [0.4, 0.5) is 4.79 Å². The van der Waals surface area contributed by atoms with Crippen molar-refractivity contribution in [1.82, 2.24) is 20.4 Å². The highest BCUT2D eigenvalue weighted by atomic mass is 16.5. The number of carbonyl (C=O) groups excluding carboxylic acids is 2. The van der Waals surface area contributed by atoms with Crippen LogP contribution >= 0.6 is 0 Å². The molecule has 1 aromatic heterocycles. The van der Waals surface area contributed by atoms with E-state index in [1.54, 1.807) is 6.92 Å². The second-order valence-corrected chi connectivity index (χ2v) is 8.10. The number of aryl methyl sites for hydroxylation is 1. The molecule has 1 unspecified atom stereocenters. The molecule has 1 aliphatic rings. The summed E-state index contributed by atoms with van der Waals surface area (Å²) in [5, 5.41) is 6.79. The summed E-state index contributed by atoms with van der Waals surface area (Å²) in [5.74, 6) is 0.711. The lowest BCUT2D eigenvalue weighted by atomic mass is 9.91. The van der Waals surface area contributed by atoms with Crippen LogP contribution in [-0.4, -0.2) is 27.0 Å². The number of aromatic nitrogens is 2. The molecule has 0 radical (unpaired) electrons. The van der Waals surface area contributed by atoms with Gasteiger partial charge in [-0.05, 0) is 30.9 Å². The molecule has 2 aromatic carbocycles. The minimum Gasteiger partial charge on any atom is -0.337 e. The number of hydrogen-bond acceptors (Lipinski definition) is 5. The van der Waals surface area contributed by atoms with Gasteiger partial charge in [-0.1, -0.05) is 73.1 Å². The van der Waals surface area contributed by atoms with E-state index >= 15 is 0 Å². The first-order valence-corrected chi connectivity index (χ1v) is 9.92. The van der Waals surface area contributed by atoms with E-state index in [0.29, 0.717) is 11.7 Å². The van der Waals surface area contributed by atoms with Gasteiger partial charge in [-0.2, -0.15) is 4.98 Å². The first kappa shape index (κ1) is 19.8. The van der Waals surface area contributed by atoms with Crippen LogP contribution < -0.4 is 5.32 Å². The molecule has 1 saturated heterocycles. The largest absolute Gasteiger partial charge is 0.337 e. The Morgan fingerprint density at radius 3 is 2.37 bits per heavy atom. The molecule has 0 aliphatic carbocycles. The molecule has 3 amide bonds. The van der Waals surface area contributed by atoms with Crippen molar-refractivity contribution < 1.29 is 14.1 Å². The quantitative estimate of drug-likeness (QED) is 0.646. The Bertz CT molecular complexity index is 1090. The third-order valence-electron chi connectivity index (χ3n) is 5.50. The van der Waals surface area contributed by atoms with Crippen molar-refractivity contribution in [3.63, 3.8) is 0 Å². The minimum absolute atomic E-state index is 0.0802. The molecule has 0 saturated carbocycles. The molecular weight excluding hydrogens is 380 g/mol. The molecule has 4 rings (SSSR count). The zero-order chi connectivity index (χ0) is 21.5. The molecule has 1 atom stereocenters. The fourth-order valence-corrected chi connectivity index (χ4v) is 3.51. The third-order valence-corrected chi connectivity index (χ3v) is 5.50. The summed E-state index contributed by atoms with van der Waals surface area (Å²) in [5.41, 5.74) is 2.72. The fourth-order valence-electron chi connectivity index (χ4n) is 3.51. The number of nitrogens with one attached hydrogen (secondary N) is 1. The molecule has 1 N–H and O–H groups in total. The Kier molecular flexibility index (Phi) is 4.89. The molecule has 0 bridgehead atoms. The van der Waals surface area contributed by atoms with Gasteiger partial charge < -0.3 is 9.84 Å². The highest BCUT2D eigenvalue weighted by molar-refractivity contribution is 6.07. The molecule has 7 heteroatoms. The molecule has 1 aliphatic heterocycles. The van der Waals surface area contributed by atoms with Crippen molar-refractivity contribution in [3.05, 3.63) is 71.1 Å². The van der Waals surface area contributed by atoms with E-state index in [4.69, 9.17) is 4.52 Å². The number of rotatable bonds is 5. The average Bonchev–Trinajstić information content (AvgIpc) is 3.28. The Morgan fingerprint density at radius 1 is 1.07 bits per heavy atom. The van der Waals surface area contributed by atoms with Crippen LogP contribution in [0.5, 0.6) is 0 Å². The van der Waals surface area contributed by atoms with Gasteiger partial charge >= 0.3 is 6.03 Å². The number of imide groups is 1. The summed E-state index contributed by atoms with van der Waals surface area (Å²) < 4.78 is 5.31. The third kappa shape index (κ3) is 3.47. The fraction of sp³-hybridized carbons (Fsp3) is 0.304. The van der Waals surface area contributed by atoms with Crippen LogP contribution in [0.15, 0.2) is 53.1 Å². The Labute approximate surface area is 175 Å². The van der Waals surface area contributed by atoms with Crippen molar-refractivity contribution >= 4 is 11.9 Å². The number of amides is 3. The smallest absolute Gasteiger partial charge is 0.325 e. The van der Waals surface area contributed by atoms with Crippen LogP contribution in [-0.2, 0) is 16.9 Å². The number of benzene rings is 2. The van der Waals surface area contributed by atoms with Gasteiger partial charge in [-0.25, -0.2) is 4.79 Å². The first-order valence-electron chi connectivity index (χ1n) is 9.92. The average molecular weight is 404 g/mol. The summed E-state index contributed by atoms with van der Waals surface area (Å²) in [6.45, 7) is 7.85. The Balaban J connectivity index is 1.53. The van der Waals surface area contributed by atoms with Gasteiger partial charge in [0.05, 0.1) is 0 Å². The van der Waals surface area contributed by atoms with Crippen molar-refractivity contribution in [2.75, 3.05) is 0 Å². The highest BCUT2D eigenvalue weighted by Gasteiger charge is 2.49. The van der Waals surface area contributed by atoms with Gasteiger partial charge in [0.2, 0.25) is 11.7 Å².